The molecule has 2 aliphatic heterocycles. The van der Waals surface area contributed by atoms with Crippen molar-refractivity contribution >= 4 is 17.8 Å². The lowest BCUT2D eigenvalue weighted by molar-refractivity contribution is 0.0964. The van der Waals surface area contributed by atoms with E-state index in [1.165, 1.54) is 7.05 Å². The number of pyridine rings is 1. The van der Waals surface area contributed by atoms with Gasteiger partial charge in [0.1, 0.15) is 5.82 Å². The molecule has 1 saturated heterocycles. The molecule has 0 bridgehead atoms. The Labute approximate surface area is 134 Å². The normalized spacial score (nSPS) is 20.2. The number of amides is 2. The van der Waals surface area contributed by atoms with E-state index in [2.05, 4.69) is 15.2 Å². The number of carboxylic acid groups (broad SMARTS) is 1. The smallest absolute Gasteiger partial charge is 0.407 e. The van der Waals surface area contributed by atoms with E-state index >= 15 is 0 Å². The molecule has 23 heavy (non-hydrogen) atoms. The number of carbonyl (C=O) groups excluding carboxylic acids is 1. The zero-order chi connectivity index (χ0) is 16.6. The van der Waals surface area contributed by atoms with Crippen molar-refractivity contribution < 1.29 is 19.4 Å². The first-order valence-corrected chi connectivity index (χ1v) is 7.57. The summed E-state index contributed by atoms with van der Waals surface area (Å²) in [4.78, 5) is 31.0. The lowest BCUT2D eigenvalue weighted by Gasteiger charge is -2.34. The van der Waals surface area contributed by atoms with Crippen molar-refractivity contribution in [3.05, 3.63) is 22.9 Å². The lowest BCUT2D eigenvalue weighted by atomic mass is 10.1. The first kappa shape index (κ1) is 15.5. The van der Waals surface area contributed by atoms with Crippen LogP contribution in [0.15, 0.2) is 6.07 Å². The average molecular weight is 320 g/mol. The zero-order valence-electron chi connectivity index (χ0n) is 13.2. The molecule has 1 fully saturated rings. The maximum Gasteiger partial charge on any atom is 0.407 e. The van der Waals surface area contributed by atoms with Gasteiger partial charge in [-0.15, -0.1) is 0 Å². The van der Waals surface area contributed by atoms with Crippen LogP contribution in [0.2, 0.25) is 0 Å². The molecule has 3 rings (SSSR count). The van der Waals surface area contributed by atoms with Crippen LogP contribution in [0.1, 0.15) is 28.5 Å². The Balaban J connectivity index is 1.99. The summed E-state index contributed by atoms with van der Waals surface area (Å²) in [5.41, 5.74) is 2.00. The van der Waals surface area contributed by atoms with Gasteiger partial charge in [0.05, 0.1) is 31.5 Å². The number of hydrogen-bond donors (Lipinski definition) is 2. The Hall–Kier alpha value is -2.35. The average Bonchev–Trinajstić information content (AvgIpc) is 2.89. The predicted molar refractivity (Wildman–Crippen MR) is 82.5 cm³/mol. The number of nitrogens with one attached hydrogen (secondary N) is 1. The second-order valence-corrected chi connectivity index (χ2v) is 5.89. The minimum Gasteiger partial charge on any atom is -0.465 e. The molecule has 0 spiro atoms. The number of fused-ring (bicyclic) bond motifs is 1. The van der Waals surface area contributed by atoms with Gasteiger partial charge < -0.3 is 25.0 Å². The summed E-state index contributed by atoms with van der Waals surface area (Å²) in [5, 5.41) is 11.9. The number of rotatable bonds is 3. The molecule has 1 atom stereocenters. The zero-order valence-corrected chi connectivity index (χ0v) is 13.2. The van der Waals surface area contributed by atoms with E-state index in [1.807, 2.05) is 6.92 Å². The molecule has 1 aromatic rings. The highest BCUT2D eigenvalue weighted by Gasteiger charge is 2.28. The van der Waals surface area contributed by atoms with Crippen LogP contribution in [-0.4, -0.2) is 59.8 Å². The molecule has 0 aliphatic carbocycles. The molecule has 1 aromatic heterocycles. The molecule has 0 aromatic carbocycles. The number of hydrogen-bond acceptors (Lipinski definition) is 5. The van der Waals surface area contributed by atoms with E-state index in [4.69, 9.17) is 9.84 Å². The molecule has 8 heteroatoms. The molecule has 3 heterocycles. The van der Waals surface area contributed by atoms with E-state index in [9.17, 15) is 9.59 Å². The molecule has 8 nitrogen and oxygen atoms in total. The Kier molecular flexibility index (Phi) is 4.08. The summed E-state index contributed by atoms with van der Waals surface area (Å²) in [6.07, 6.45) is -1.03. The Bertz CT molecular complexity index is 649. The van der Waals surface area contributed by atoms with Gasteiger partial charge in [0.15, 0.2) is 0 Å². The van der Waals surface area contributed by atoms with Crippen molar-refractivity contribution in [3.63, 3.8) is 0 Å². The number of nitrogens with zero attached hydrogens (tertiary/aromatic N) is 3. The third-order valence-electron chi connectivity index (χ3n) is 4.24. The van der Waals surface area contributed by atoms with Gasteiger partial charge in [0, 0.05) is 31.3 Å². The molecule has 0 saturated carbocycles. The minimum absolute atomic E-state index is 0.135. The van der Waals surface area contributed by atoms with Crippen LogP contribution in [-0.2, 0) is 17.8 Å². The molecule has 0 radical (unpaired) electrons. The van der Waals surface area contributed by atoms with Gasteiger partial charge in [-0.25, -0.2) is 9.78 Å². The highest BCUT2D eigenvalue weighted by atomic mass is 16.5. The van der Waals surface area contributed by atoms with Crippen molar-refractivity contribution in [2.24, 2.45) is 0 Å². The van der Waals surface area contributed by atoms with Gasteiger partial charge in [0.25, 0.3) is 5.91 Å². The van der Waals surface area contributed by atoms with Gasteiger partial charge in [-0.05, 0) is 13.0 Å². The summed E-state index contributed by atoms with van der Waals surface area (Å²) in [7, 11) is 1.49. The Morgan fingerprint density at radius 2 is 2.39 bits per heavy atom. The Morgan fingerprint density at radius 3 is 3.09 bits per heavy atom. The van der Waals surface area contributed by atoms with E-state index in [-0.39, 0.29) is 18.5 Å². The second kappa shape index (κ2) is 6.04. The van der Waals surface area contributed by atoms with Crippen LogP contribution in [0.5, 0.6) is 0 Å². The van der Waals surface area contributed by atoms with Crippen LogP contribution >= 0.6 is 0 Å². The number of carbonyl (C=O) groups is 2. The van der Waals surface area contributed by atoms with E-state index < -0.39 is 6.09 Å². The topological polar surface area (TPSA) is 95.0 Å². The van der Waals surface area contributed by atoms with Gasteiger partial charge in [0.2, 0.25) is 0 Å². The summed E-state index contributed by atoms with van der Waals surface area (Å²) in [6.45, 7) is 4.50. The molecule has 2 N–H and O–H groups in total. The van der Waals surface area contributed by atoms with Gasteiger partial charge >= 0.3 is 6.09 Å². The van der Waals surface area contributed by atoms with E-state index in [0.717, 1.165) is 10.5 Å². The summed E-state index contributed by atoms with van der Waals surface area (Å²) in [6, 6.07) is 1.95. The Morgan fingerprint density at radius 1 is 1.61 bits per heavy atom. The first-order chi connectivity index (χ1) is 11.0. The van der Waals surface area contributed by atoms with Crippen LogP contribution in [0.3, 0.4) is 0 Å². The first-order valence-electron chi connectivity index (χ1n) is 7.57. The fourth-order valence-corrected chi connectivity index (χ4v) is 2.91. The SMILES string of the molecule is CC1COCCN1c1cc2c(c(CN(C)C(=O)O)n1)CNC2=O. The molecule has 2 amide bonds. The highest BCUT2D eigenvalue weighted by Crippen LogP contribution is 2.27. The molecule has 1 unspecified atom stereocenters. The fraction of sp³-hybridized carbons (Fsp3) is 0.533. The largest absolute Gasteiger partial charge is 0.465 e. The van der Waals surface area contributed by atoms with E-state index in [0.29, 0.717) is 43.4 Å². The van der Waals surface area contributed by atoms with Crippen LogP contribution < -0.4 is 10.2 Å². The lowest BCUT2D eigenvalue weighted by Crippen LogP contribution is -2.44. The molecular weight excluding hydrogens is 300 g/mol. The van der Waals surface area contributed by atoms with Crippen molar-refractivity contribution in [2.75, 3.05) is 31.7 Å². The minimum atomic E-state index is -1.03. The number of aromatic nitrogens is 1. The van der Waals surface area contributed by atoms with Gasteiger partial charge in [-0.1, -0.05) is 0 Å². The maximum atomic E-state index is 12.0. The number of morpholine rings is 1. The molecule has 124 valence electrons. The monoisotopic (exact) mass is 320 g/mol. The van der Waals surface area contributed by atoms with Gasteiger partial charge in [-0.2, -0.15) is 0 Å². The third-order valence-corrected chi connectivity index (χ3v) is 4.24. The molecule has 2 aliphatic rings. The number of ether oxygens (including phenoxy) is 1. The summed E-state index contributed by atoms with van der Waals surface area (Å²) < 4.78 is 5.44. The highest BCUT2D eigenvalue weighted by molar-refractivity contribution is 5.99. The van der Waals surface area contributed by atoms with Crippen molar-refractivity contribution in [2.45, 2.75) is 26.1 Å². The second-order valence-electron chi connectivity index (χ2n) is 5.89. The van der Waals surface area contributed by atoms with Crippen LogP contribution in [0.25, 0.3) is 0 Å². The standard InChI is InChI=1S/C15H20N4O4/c1-9-8-23-4-3-19(9)13-5-10-11(6-16-14(10)20)12(17-13)7-18(2)15(21)22/h5,9H,3-4,6-8H2,1-2H3,(H,16,20)(H,21,22). The third kappa shape index (κ3) is 2.94. The maximum absolute atomic E-state index is 12.0. The van der Waals surface area contributed by atoms with Crippen molar-refractivity contribution in [3.8, 4) is 0 Å². The van der Waals surface area contributed by atoms with Crippen LogP contribution in [0, 0.1) is 0 Å². The van der Waals surface area contributed by atoms with Gasteiger partial charge in [-0.3, -0.25) is 4.79 Å². The quantitative estimate of drug-likeness (QED) is 0.849. The summed E-state index contributed by atoms with van der Waals surface area (Å²) in [5.74, 6) is 0.564. The van der Waals surface area contributed by atoms with Crippen molar-refractivity contribution in [1.29, 1.82) is 0 Å². The summed E-state index contributed by atoms with van der Waals surface area (Å²) >= 11 is 0. The predicted octanol–water partition coefficient (Wildman–Crippen LogP) is 0.660. The molecular formula is C15H20N4O4. The number of anilines is 1. The van der Waals surface area contributed by atoms with E-state index in [1.54, 1.807) is 6.07 Å². The fourth-order valence-electron chi connectivity index (χ4n) is 2.91. The van der Waals surface area contributed by atoms with Crippen molar-refractivity contribution in [1.82, 2.24) is 15.2 Å². The van der Waals surface area contributed by atoms with Crippen LogP contribution in [0.4, 0.5) is 10.6 Å².